The zero-order valence-corrected chi connectivity index (χ0v) is 31.0. The number of dihydropyridines is 1. The molecule has 13 heteroatoms. The number of benzene rings is 2. The highest BCUT2D eigenvalue weighted by Crippen LogP contribution is 2.37. The van der Waals surface area contributed by atoms with Crippen molar-refractivity contribution in [2.75, 3.05) is 33.0 Å². The number of hydrogen-bond acceptors (Lipinski definition) is 11. The van der Waals surface area contributed by atoms with Crippen molar-refractivity contribution in [2.24, 2.45) is 11.8 Å². The van der Waals surface area contributed by atoms with Crippen molar-refractivity contribution >= 4 is 12.2 Å². The van der Waals surface area contributed by atoms with Crippen LogP contribution in [-0.4, -0.2) is 92.0 Å². The van der Waals surface area contributed by atoms with Gasteiger partial charge in [0.2, 0.25) is 0 Å². The maximum absolute atomic E-state index is 13.4. The van der Waals surface area contributed by atoms with E-state index in [2.05, 4.69) is 29.1 Å². The maximum Gasteiger partial charge on any atom is 0.422 e. The summed E-state index contributed by atoms with van der Waals surface area (Å²) in [5.74, 6) is 1.15. The number of aliphatic hydroxyl groups is 1. The van der Waals surface area contributed by atoms with Crippen LogP contribution >= 0.6 is 0 Å². The van der Waals surface area contributed by atoms with Gasteiger partial charge in [-0.25, -0.2) is 14.6 Å². The first-order chi connectivity index (χ1) is 26.4. The number of nitrogens with zero attached hydrogens (tertiary/aromatic N) is 1. The fourth-order valence-corrected chi connectivity index (χ4v) is 7.99. The second kappa shape index (κ2) is 18.5. The molecule has 2 amide bonds. The third-order valence-corrected chi connectivity index (χ3v) is 11.0. The molecular formula is C41H54N4O9. The van der Waals surface area contributed by atoms with Crippen molar-refractivity contribution in [2.45, 2.75) is 101 Å². The molecule has 1 aliphatic carbocycles. The molecule has 0 bridgehead atoms. The van der Waals surface area contributed by atoms with Crippen molar-refractivity contribution in [3.63, 3.8) is 0 Å². The Kier molecular flexibility index (Phi) is 13.0. The molecule has 7 rings (SSSR count). The number of fused-ring (bicyclic) bond motifs is 2. The number of rotatable bonds is 16. The Bertz CT molecular complexity index is 1580. The van der Waals surface area contributed by atoms with Crippen molar-refractivity contribution in [1.29, 1.82) is 0 Å². The molecule has 0 aromatic heterocycles. The zero-order chi connectivity index (χ0) is 37.3. The predicted octanol–water partition coefficient (Wildman–Crippen LogP) is 5.05. The summed E-state index contributed by atoms with van der Waals surface area (Å²) in [5.41, 5.74) is 5.81. The molecule has 13 nitrogen and oxygen atoms in total. The summed E-state index contributed by atoms with van der Waals surface area (Å²) in [6.45, 7) is 4.60. The normalized spacial score (nSPS) is 27.9. The average molecular weight is 747 g/mol. The molecule has 54 heavy (non-hydrogen) atoms. The van der Waals surface area contributed by atoms with Gasteiger partial charge in [0.25, 0.3) is 0 Å². The minimum absolute atomic E-state index is 0.0121. The molecule has 4 aliphatic heterocycles. The Morgan fingerprint density at radius 1 is 0.963 bits per heavy atom. The number of unbranched alkanes of at least 4 members (excludes halogenated alkanes) is 1. The van der Waals surface area contributed by atoms with Gasteiger partial charge in [-0.15, -0.1) is 0 Å². The minimum Gasteiger partial charge on any atom is -0.494 e. The molecule has 2 aromatic carbocycles. The van der Waals surface area contributed by atoms with E-state index in [1.54, 1.807) is 5.01 Å². The lowest BCUT2D eigenvalue weighted by Crippen LogP contribution is -2.53. The highest BCUT2D eigenvalue weighted by molar-refractivity contribution is 5.68. The number of carbonyl (C=O) groups excluding carboxylic acids is 2. The molecular weight excluding hydrogens is 692 g/mol. The number of allylic oxidation sites excluding steroid dienone is 2. The Labute approximate surface area is 317 Å². The largest absolute Gasteiger partial charge is 0.494 e. The van der Waals surface area contributed by atoms with E-state index in [1.807, 2.05) is 66.9 Å². The van der Waals surface area contributed by atoms with Crippen LogP contribution in [0, 0.1) is 11.8 Å². The molecule has 3 saturated heterocycles. The summed E-state index contributed by atoms with van der Waals surface area (Å²) in [7, 11) is 0. The van der Waals surface area contributed by atoms with Gasteiger partial charge in [0.05, 0.1) is 50.0 Å². The van der Waals surface area contributed by atoms with E-state index in [-0.39, 0.29) is 50.2 Å². The molecule has 4 fully saturated rings. The fraction of sp³-hybridized carbons (Fsp3) is 0.561. The molecule has 0 spiro atoms. The van der Waals surface area contributed by atoms with Gasteiger partial charge in [0.15, 0.2) is 6.29 Å². The van der Waals surface area contributed by atoms with Crippen molar-refractivity contribution in [3.05, 3.63) is 89.6 Å². The molecule has 1 saturated carbocycles. The standard InChI is InChI=1S/C41H54N4O9/c1-2-3-18-49-31-13-9-27(10-14-31)21-35(43-40(47)54-38-26-52-39-33(38)16-20-51-39)36(46)25-45(44-41(48)53-32-22-30-15-19-50-37(30)23-32)24-28-7-11-29(12-8-28)34-6-4-5-17-42-34/h4-14,17,30,32-39,42,46H,2-3,15-16,18-26H2,1H3,(H,43,47)(H,44,48)/t30-,32+,33-,34?,35-,36-,37+,38-,39+/m0/s1. The van der Waals surface area contributed by atoms with E-state index in [9.17, 15) is 14.7 Å². The van der Waals surface area contributed by atoms with E-state index in [4.69, 9.17) is 28.4 Å². The van der Waals surface area contributed by atoms with Crippen molar-refractivity contribution < 1.29 is 43.1 Å². The number of hydrogen-bond donors (Lipinski definition) is 4. The summed E-state index contributed by atoms with van der Waals surface area (Å²) < 4.78 is 34.7. The van der Waals surface area contributed by atoms with Crippen LogP contribution < -0.4 is 20.8 Å². The molecule has 9 atom stereocenters. The van der Waals surface area contributed by atoms with E-state index < -0.39 is 30.4 Å². The van der Waals surface area contributed by atoms with Gasteiger partial charge in [-0.3, -0.25) is 5.43 Å². The summed E-state index contributed by atoms with van der Waals surface area (Å²) in [6.07, 6.45) is 10.2. The molecule has 292 valence electrons. The quantitative estimate of drug-likeness (QED) is 0.135. The Hall–Kier alpha value is -4.14. The van der Waals surface area contributed by atoms with Crippen LogP contribution in [0.1, 0.15) is 68.2 Å². The number of carbonyl (C=O) groups is 2. The second-order valence-corrected chi connectivity index (χ2v) is 14.9. The first kappa shape index (κ1) is 38.1. The monoisotopic (exact) mass is 746 g/mol. The number of ether oxygens (including phenoxy) is 6. The molecule has 0 radical (unpaired) electrons. The zero-order valence-electron chi connectivity index (χ0n) is 31.0. The second-order valence-electron chi connectivity index (χ2n) is 14.9. The first-order valence-corrected chi connectivity index (χ1v) is 19.5. The summed E-state index contributed by atoms with van der Waals surface area (Å²) in [5, 5.41) is 19.8. The van der Waals surface area contributed by atoms with Gasteiger partial charge < -0.3 is 44.2 Å². The summed E-state index contributed by atoms with van der Waals surface area (Å²) in [4.78, 5) is 26.8. The Morgan fingerprint density at radius 2 is 1.78 bits per heavy atom. The fourth-order valence-electron chi connectivity index (χ4n) is 7.99. The van der Waals surface area contributed by atoms with E-state index >= 15 is 0 Å². The van der Waals surface area contributed by atoms with Gasteiger partial charge in [-0.05, 0) is 79.1 Å². The van der Waals surface area contributed by atoms with Crippen LogP contribution in [0.25, 0.3) is 0 Å². The van der Waals surface area contributed by atoms with E-state index in [0.29, 0.717) is 32.0 Å². The molecule has 5 aliphatic rings. The van der Waals surface area contributed by atoms with Crippen LogP contribution in [0.15, 0.2) is 73.0 Å². The van der Waals surface area contributed by atoms with Crippen molar-refractivity contribution in [3.8, 4) is 5.75 Å². The van der Waals surface area contributed by atoms with Gasteiger partial charge in [-0.1, -0.05) is 61.9 Å². The summed E-state index contributed by atoms with van der Waals surface area (Å²) in [6, 6.07) is 15.1. The third kappa shape index (κ3) is 10.1. The lowest BCUT2D eigenvalue weighted by Gasteiger charge is -2.31. The van der Waals surface area contributed by atoms with E-state index in [0.717, 1.165) is 61.2 Å². The first-order valence-electron chi connectivity index (χ1n) is 19.5. The Balaban J connectivity index is 1.05. The number of alkyl carbamates (subject to hydrolysis) is 1. The molecule has 4 heterocycles. The van der Waals surface area contributed by atoms with Gasteiger partial charge in [0.1, 0.15) is 18.0 Å². The highest BCUT2D eigenvalue weighted by Gasteiger charge is 2.44. The van der Waals surface area contributed by atoms with Crippen molar-refractivity contribution in [1.82, 2.24) is 21.1 Å². The minimum atomic E-state index is -1.12. The van der Waals surface area contributed by atoms with Gasteiger partial charge in [-0.2, -0.15) is 0 Å². The van der Waals surface area contributed by atoms with Gasteiger partial charge >= 0.3 is 12.2 Å². The Morgan fingerprint density at radius 3 is 2.56 bits per heavy atom. The topological polar surface area (TPSA) is 149 Å². The molecule has 2 aromatic rings. The lowest BCUT2D eigenvalue weighted by molar-refractivity contribution is -0.0907. The number of nitrogens with one attached hydrogen (secondary N) is 3. The van der Waals surface area contributed by atoms with Gasteiger partial charge in [0, 0.05) is 26.1 Å². The van der Waals surface area contributed by atoms with Crippen LogP contribution in [0.4, 0.5) is 9.59 Å². The van der Waals surface area contributed by atoms with Crippen LogP contribution in [-0.2, 0) is 36.6 Å². The predicted molar refractivity (Wildman–Crippen MR) is 199 cm³/mol. The third-order valence-electron chi connectivity index (χ3n) is 11.0. The van der Waals surface area contributed by atoms with Crippen LogP contribution in [0.3, 0.4) is 0 Å². The number of aliphatic hydroxyl groups excluding tert-OH is 1. The SMILES string of the molecule is CCCCOc1ccc(C[C@H](NC(=O)O[C@H]2CO[C@H]3OCC[C@H]32)[C@@H](O)CN(Cc2ccc(C3C=CC=CN3)cc2)NC(=O)O[C@@H]2C[C@@H]3CCO[C@@H]3C2)cc1. The number of amides is 2. The number of hydrazine groups is 1. The van der Waals surface area contributed by atoms with Crippen LogP contribution in [0.5, 0.6) is 5.75 Å². The van der Waals surface area contributed by atoms with Crippen LogP contribution in [0.2, 0.25) is 0 Å². The smallest absolute Gasteiger partial charge is 0.422 e. The maximum atomic E-state index is 13.4. The average Bonchev–Trinajstić information content (AvgIpc) is 3.97. The van der Waals surface area contributed by atoms with E-state index in [1.165, 1.54) is 0 Å². The molecule has 4 N–H and O–H groups in total. The molecule has 1 unspecified atom stereocenters. The lowest BCUT2D eigenvalue weighted by atomic mass is 10.0. The summed E-state index contributed by atoms with van der Waals surface area (Å²) >= 11 is 0. The highest BCUT2D eigenvalue weighted by atomic mass is 16.7.